The lowest BCUT2D eigenvalue weighted by atomic mass is 10.0. The van der Waals surface area contributed by atoms with Crippen LogP contribution in [0.2, 0.25) is 0 Å². The Bertz CT molecular complexity index is 3040. The molecule has 0 saturated heterocycles. The molecule has 0 radical (unpaired) electrons. The molecule has 0 amide bonds. The van der Waals surface area contributed by atoms with Crippen molar-refractivity contribution in [3.8, 4) is 28.2 Å². The summed E-state index contributed by atoms with van der Waals surface area (Å²) >= 11 is 0. The number of hydrogen-bond donors (Lipinski definition) is 0. The Labute approximate surface area is 275 Å². The van der Waals surface area contributed by atoms with Gasteiger partial charge in [-0.3, -0.25) is 4.57 Å². The minimum absolute atomic E-state index is 0.836. The molecular weight excluding hydrogens is 585 g/mol. The molecule has 4 heterocycles. The first kappa shape index (κ1) is 25.6. The lowest BCUT2D eigenvalue weighted by Gasteiger charge is -2.13. The zero-order valence-electron chi connectivity index (χ0n) is 25.8. The average molecular weight is 611 g/mol. The molecule has 4 heteroatoms. The third-order valence-electron chi connectivity index (χ3n) is 10.2. The molecule has 0 aliphatic heterocycles. The van der Waals surface area contributed by atoms with Crippen molar-refractivity contribution in [1.82, 2.24) is 19.2 Å². The van der Waals surface area contributed by atoms with Crippen LogP contribution in [0, 0.1) is 0 Å². The van der Waals surface area contributed by atoms with E-state index in [1.807, 2.05) is 6.07 Å². The van der Waals surface area contributed by atoms with Gasteiger partial charge in [-0.05, 0) is 35.4 Å². The van der Waals surface area contributed by atoms with Crippen LogP contribution >= 0.6 is 0 Å². The average Bonchev–Trinajstić information content (AvgIpc) is 3.79. The Morgan fingerprint density at radius 1 is 0.354 bits per heavy atom. The maximum absolute atomic E-state index is 5.06. The van der Waals surface area contributed by atoms with Crippen LogP contribution in [0.15, 0.2) is 158 Å². The molecule has 0 unspecified atom stereocenters. The fourth-order valence-electron chi connectivity index (χ4n) is 8.11. The molecule has 0 atom stereocenters. The molecule has 0 spiro atoms. The zero-order chi connectivity index (χ0) is 31.3. The molecule has 0 fully saturated rings. The monoisotopic (exact) mass is 610 g/mol. The molecule has 4 nitrogen and oxygen atoms in total. The van der Waals surface area contributed by atoms with E-state index in [1.165, 1.54) is 60.0 Å². The normalized spacial score (nSPS) is 12.2. The number of fused-ring (bicyclic) bond motifs is 11. The lowest BCUT2D eigenvalue weighted by molar-refractivity contribution is 0.977. The predicted octanol–water partition coefficient (Wildman–Crippen LogP) is 11.2. The molecule has 0 N–H and O–H groups in total. The van der Waals surface area contributed by atoms with E-state index in [2.05, 4.69) is 161 Å². The highest BCUT2D eigenvalue weighted by molar-refractivity contribution is 6.35. The molecule has 11 rings (SSSR count). The van der Waals surface area contributed by atoms with E-state index in [1.54, 1.807) is 0 Å². The number of rotatable bonds is 3. The Kier molecular flexibility index (Phi) is 5.08. The SMILES string of the molecule is c1ccc(-c2ccc(-c3nnc(-n4c5ccccc5c5c6c7ccccc7n7c8ccccc8c(cc54)c67)c4ccccc34)cc2)cc1. The van der Waals surface area contributed by atoms with E-state index < -0.39 is 0 Å². The van der Waals surface area contributed by atoms with Crippen LogP contribution in [-0.2, 0) is 0 Å². The van der Waals surface area contributed by atoms with Gasteiger partial charge in [-0.25, -0.2) is 0 Å². The molecule has 48 heavy (non-hydrogen) atoms. The maximum atomic E-state index is 5.06. The fraction of sp³-hybridized carbons (Fsp3) is 0. The van der Waals surface area contributed by atoms with Gasteiger partial charge < -0.3 is 4.40 Å². The Morgan fingerprint density at radius 2 is 0.896 bits per heavy atom. The largest absolute Gasteiger partial charge is 0.308 e. The fourth-order valence-corrected chi connectivity index (χ4v) is 8.11. The van der Waals surface area contributed by atoms with Crippen molar-refractivity contribution < 1.29 is 0 Å². The van der Waals surface area contributed by atoms with E-state index in [-0.39, 0.29) is 0 Å². The summed E-state index contributed by atoms with van der Waals surface area (Å²) in [5.41, 5.74) is 10.3. The highest BCUT2D eigenvalue weighted by Crippen LogP contribution is 2.47. The third kappa shape index (κ3) is 3.33. The molecule has 4 aromatic heterocycles. The van der Waals surface area contributed by atoms with Gasteiger partial charge in [0.15, 0.2) is 5.82 Å². The first-order valence-electron chi connectivity index (χ1n) is 16.4. The van der Waals surface area contributed by atoms with Gasteiger partial charge in [-0.2, -0.15) is 0 Å². The minimum atomic E-state index is 0.836. The summed E-state index contributed by atoms with van der Waals surface area (Å²) in [6, 6.07) is 56.4. The van der Waals surface area contributed by atoms with Crippen molar-refractivity contribution in [2.45, 2.75) is 0 Å². The van der Waals surface area contributed by atoms with Crippen LogP contribution in [0.1, 0.15) is 0 Å². The lowest BCUT2D eigenvalue weighted by Crippen LogP contribution is -2.02. The quantitative estimate of drug-likeness (QED) is 0.199. The summed E-state index contributed by atoms with van der Waals surface area (Å²) in [6.45, 7) is 0. The number of aromatic nitrogens is 4. The van der Waals surface area contributed by atoms with Crippen molar-refractivity contribution >= 4 is 70.7 Å². The first-order chi connectivity index (χ1) is 23.8. The summed E-state index contributed by atoms with van der Waals surface area (Å²) in [5.74, 6) is 0.836. The summed E-state index contributed by atoms with van der Waals surface area (Å²) in [7, 11) is 0. The molecule has 11 aromatic rings. The zero-order valence-corrected chi connectivity index (χ0v) is 25.8. The van der Waals surface area contributed by atoms with Gasteiger partial charge in [-0.1, -0.05) is 133 Å². The molecule has 7 aromatic carbocycles. The second-order valence-electron chi connectivity index (χ2n) is 12.6. The summed E-state index contributed by atoms with van der Waals surface area (Å²) in [4.78, 5) is 0. The van der Waals surface area contributed by atoms with Crippen LogP contribution in [0.5, 0.6) is 0 Å². The van der Waals surface area contributed by atoms with Gasteiger partial charge in [0.2, 0.25) is 0 Å². The van der Waals surface area contributed by atoms with Crippen LogP contribution in [0.25, 0.3) is 98.9 Å². The molecule has 0 saturated carbocycles. The topological polar surface area (TPSA) is 35.1 Å². The van der Waals surface area contributed by atoms with E-state index in [9.17, 15) is 0 Å². The molecule has 0 aliphatic carbocycles. The number of nitrogens with zero attached hydrogens (tertiary/aromatic N) is 4. The van der Waals surface area contributed by atoms with Crippen molar-refractivity contribution in [2.75, 3.05) is 0 Å². The van der Waals surface area contributed by atoms with E-state index in [0.29, 0.717) is 0 Å². The van der Waals surface area contributed by atoms with Gasteiger partial charge in [0.05, 0.1) is 27.6 Å². The summed E-state index contributed by atoms with van der Waals surface area (Å²) in [5, 5.41) is 19.7. The van der Waals surface area contributed by atoms with Gasteiger partial charge in [0.1, 0.15) is 5.69 Å². The molecule has 0 bridgehead atoms. The molecular formula is C44H26N4. The Morgan fingerprint density at radius 3 is 1.65 bits per heavy atom. The summed E-state index contributed by atoms with van der Waals surface area (Å²) in [6.07, 6.45) is 0. The predicted molar refractivity (Wildman–Crippen MR) is 199 cm³/mol. The Hall–Kier alpha value is -6.52. The van der Waals surface area contributed by atoms with Gasteiger partial charge in [0.25, 0.3) is 0 Å². The highest BCUT2D eigenvalue weighted by atomic mass is 15.2. The smallest absolute Gasteiger partial charge is 0.168 e. The number of benzene rings is 7. The number of para-hydroxylation sites is 3. The van der Waals surface area contributed by atoms with Crippen molar-refractivity contribution in [3.63, 3.8) is 0 Å². The van der Waals surface area contributed by atoms with Crippen LogP contribution in [-0.4, -0.2) is 19.2 Å². The second kappa shape index (κ2) is 9.50. The second-order valence-corrected chi connectivity index (χ2v) is 12.6. The van der Waals surface area contributed by atoms with E-state index in [0.717, 1.165) is 38.9 Å². The van der Waals surface area contributed by atoms with Crippen molar-refractivity contribution in [1.29, 1.82) is 0 Å². The van der Waals surface area contributed by atoms with Crippen molar-refractivity contribution in [3.05, 3.63) is 158 Å². The van der Waals surface area contributed by atoms with Crippen LogP contribution in [0.4, 0.5) is 0 Å². The Balaban J connectivity index is 1.23. The molecule has 0 aliphatic rings. The van der Waals surface area contributed by atoms with Crippen LogP contribution < -0.4 is 0 Å². The van der Waals surface area contributed by atoms with E-state index in [4.69, 9.17) is 10.2 Å². The highest BCUT2D eigenvalue weighted by Gasteiger charge is 2.25. The van der Waals surface area contributed by atoms with Gasteiger partial charge in [-0.15, -0.1) is 10.2 Å². The van der Waals surface area contributed by atoms with Crippen LogP contribution in [0.3, 0.4) is 0 Å². The van der Waals surface area contributed by atoms with Gasteiger partial charge >= 0.3 is 0 Å². The third-order valence-corrected chi connectivity index (χ3v) is 10.2. The molecule has 222 valence electrons. The first-order valence-corrected chi connectivity index (χ1v) is 16.4. The van der Waals surface area contributed by atoms with Crippen molar-refractivity contribution in [2.24, 2.45) is 0 Å². The van der Waals surface area contributed by atoms with Gasteiger partial charge in [0, 0.05) is 48.7 Å². The minimum Gasteiger partial charge on any atom is -0.308 e. The standard InChI is InChI=1S/C44H26N4/c1-2-12-27(13-3-1)28-22-24-29(25-23-28)42-31-15-4-5-16-32(31)44(46-45-42)48-38-21-11-7-17-33(38)40-39(48)26-35-30-14-6-9-19-36(30)47-37-20-10-8-18-34(37)41(40)43(35)47/h1-26H. The number of hydrogen-bond acceptors (Lipinski definition) is 2. The maximum Gasteiger partial charge on any atom is 0.168 e. The summed E-state index contributed by atoms with van der Waals surface area (Å²) < 4.78 is 4.79. The van der Waals surface area contributed by atoms with E-state index >= 15 is 0 Å².